The van der Waals surface area contributed by atoms with Gasteiger partial charge in [0.25, 0.3) is 0 Å². The molecule has 1 N–H and O–H groups in total. The first kappa shape index (κ1) is 16.3. The molecule has 0 spiro atoms. The van der Waals surface area contributed by atoms with Gasteiger partial charge in [0.1, 0.15) is 11.5 Å². The van der Waals surface area contributed by atoms with Crippen molar-refractivity contribution in [2.45, 2.75) is 6.36 Å². The first-order valence-electron chi connectivity index (χ1n) is 4.48. The third-order valence-electron chi connectivity index (χ3n) is 1.35. The highest BCUT2D eigenvalue weighted by molar-refractivity contribution is 14.1. The highest BCUT2D eigenvalue weighted by Gasteiger charge is 2.30. The highest BCUT2D eigenvalue weighted by Crippen LogP contribution is 2.23. The standard InChI is InChI=1S/C7H5F3O2.C3H7IO/c8-7(9,10)12-6-3-1-5(11)2-4-6;1-5-3-2-4/h1-4,11H;2-3H2,1H3. The Balaban J connectivity index is 0.000000437. The lowest BCUT2D eigenvalue weighted by atomic mass is 10.3. The SMILES string of the molecule is COCCI.Oc1ccc(OC(F)(F)F)cc1. The Morgan fingerprint density at radius 3 is 2.06 bits per heavy atom. The van der Waals surface area contributed by atoms with E-state index in [1.165, 1.54) is 0 Å². The molecule has 1 aromatic carbocycles. The van der Waals surface area contributed by atoms with Gasteiger partial charge in [0.15, 0.2) is 0 Å². The fraction of sp³-hybridized carbons (Fsp3) is 0.400. The van der Waals surface area contributed by atoms with E-state index in [1.54, 1.807) is 7.11 Å². The number of halogens is 4. The maximum Gasteiger partial charge on any atom is 0.573 e. The van der Waals surface area contributed by atoms with Crippen molar-refractivity contribution in [1.82, 2.24) is 0 Å². The van der Waals surface area contributed by atoms with Gasteiger partial charge in [0.05, 0.1) is 6.61 Å². The molecule has 0 atom stereocenters. The maximum absolute atomic E-state index is 11.6. The number of benzene rings is 1. The molecule has 17 heavy (non-hydrogen) atoms. The van der Waals surface area contributed by atoms with E-state index in [2.05, 4.69) is 32.1 Å². The Morgan fingerprint density at radius 2 is 1.76 bits per heavy atom. The summed E-state index contributed by atoms with van der Waals surface area (Å²) in [6.45, 7) is 0.876. The molecule has 1 rings (SSSR count). The first-order valence-corrected chi connectivity index (χ1v) is 6.01. The number of alkyl halides is 4. The van der Waals surface area contributed by atoms with Crippen molar-refractivity contribution in [1.29, 1.82) is 0 Å². The highest BCUT2D eigenvalue weighted by atomic mass is 127. The minimum atomic E-state index is -4.68. The maximum atomic E-state index is 11.6. The van der Waals surface area contributed by atoms with Crippen LogP contribution in [0, 0.1) is 0 Å². The van der Waals surface area contributed by atoms with Gasteiger partial charge in [-0.05, 0) is 24.3 Å². The van der Waals surface area contributed by atoms with Gasteiger partial charge in [-0.2, -0.15) is 0 Å². The molecular weight excluding hydrogens is 352 g/mol. The van der Waals surface area contributed by atoms with E-state index < -0.39 is 6.36 Å². The number of phenolic OH excluding ortho intramolecular Hbond substituents is 1. The average Bonchev–Trinajstić information content (AvgIpc) is 2.22. The number of methoxy groups -OCH3 is 1. The molecule has 0 heterocycles. The summed E-state index contributed by atoms with van der Waals surface area (Å²) >= 11 is 2.26. The molecule has 1 aromatic rings. The zero-order chi connectivity index (χ0) is 13.3. The van der Waals surface area contributed by atoms with Crippen LogP contribution in [0.5, 0.6) is 11.5 Å². The Morgan fingerprint density at radius 1 is 1.24 bits per heavy atom. The Kier molecular flexibility index (Phi) is 8.05. The average molecular weight is 364 g/mol. The molecule has 0 fully saturated rings. The third-order valence-corrected chi connectivity index (χ3v) is 1.79. The minimum Gasteiger partial charge on any atom is -0.508 e. The topological polar surface area (TPSA) is 38.7 Å². The second-order valence-electron chi connectivity index (χ2n) is 2.72. The van der Waals surface area contributed by atoms with Crippen molar-refractivity contribution in [3.8, 4) is 11.5 Å². The monoisotopic (exact) mass is 364 g/mol. The van der Waals surface area contributed by atoms with Crippen LogP contribution < -0.4 is 4.74 Å². The minimum absolute atomic E-state index is 0.107. The van der Waals surface area contributed by atoms with Gasteiger partial charge in [0, 0.05) is 11.5 Å². The molecule has 0 bridgehead atoms. The molecule has 0 unspecified atom stereocenters. The van der Waals surface area contributed by atoms with Gasteiger partial charge in [-0.25, -0.2) is 0 Å². The van der Waals surface area contributed by atoms with E-state index in [0.29, 0.717) is 0 Å². The zero-order valence-electron chi connectivity index (χ0n) is 9.00. The lowest BCUT2D eigenvalue weighted by Gasteiger charge is -2.07. The first-order chi connectivity index (χ1) is 7.89. The lowest BCUT2D eigenvalue weighted by molar-refractivity contribution is -0.274. The zero-order valence-corrected chi connectivity index (χ0v) is 11.2. The molecule has 0 aromatic heterocycles. The van der Waals surface area contributed by atoms with Crippen LogP contribution in [0.3, 0.4) is 0 Å². The molecule has 0 aliphatic rings. The summed E-state index contributed by atoms with van der Waals surface area (Å²) in [5.41, 5.74) is 0. The third kappa shape index (κ3) is 10.2. The molecule has 0 saturated carbocycles. The van der Waals surface area contributed by atoms with Crippen molar-refractivity contribution < 1.29 is 27.8 Å². The number of ether oxygens (including phenoxy) is 2. The largest absolute Gasteiger partial charge is 0.573 e. The number of aromatic hydroxyl groups is 1. The second-order valence-corrected chi connectivity index (χ2v) is 3.80. The van der Waals surface area contributed by atoms with Gasteiger partial charge in [-0.3, -0.25) is 0 Å². The van der Waals surface area contributed by atoms with Gasteiger partial charge in [-0.15, -0.1) is 13.2 Å². The van der Waals surface area contributed by atoms with Crippen LogP contribution >= 0.6 is 22.6 Å². The van der Waals surface area contributed by atoms with Crippen LogP contribution in [-0.2, 0) is 4.74 Å². The van der Waals surface area contributed by atoms with Gasteiger partial charge < -0.3 is 14.6 Å². The number of hydrogen-bond donors (Lipinski definition) is 1. The van der Waals surface area contributed by atoms with Gasteiger partial charge in [-0.1, -0.05) is 22.6 Å². The molecule has 0 aliphatic carbocycles. The van der Waals surface area contributed by atoms with Gasteiger partial charge in [0.2, 0.25) is 0 Å². The molecule has 7 heteroatoms. The van der Waals surface area contributed by atoms with E-state index in [1.807, 2.05) is 0 Å². The molecule has 0 aliphatic heterocycles. The Labute approximate surface area is 111 Å². The van der Waals surface area contributed by atoms with E-state index in [4.69, 9.17) is 5.11 Å². The van der Waals surface area contributed by atoms with Gasteiger partial charge >= 0.3 is 6.36 Å². The van der Waals surface area contributed by atoms with Crippen molar-refractivity contribution in [2.24, 2.45) is 0 Å². The van der Waals surface area contributed by atoms with Crippen LogP contribution in [0.25, 0.3) is 0 Å². The molecular formula is C10H12F3IO3. The van der Waals surface area contributed by atoms with E-state index in [0.717, 1.165) is 35.3 Å². The normalized spacial score (nSPS) is 10.4. The Bertz CT molecular complexity index is 299. The smallest absolute Gasteiger partial charge is 0.508 e. The number of hydrogen-bond acceptors (Lipinski definition) is 3. The van der Waals surface area contributed by atoms with Crippen molar-refractivity contribution in [2.75, 3.05) is 18.1 Å². The quantitative estimate of drug-likeness (QED) is 0.661. The number of rotatable bonds is 3. The van der Waals surface area contributed by atoms with Crippen LogP contribution in [0.4, 0.5) is 13.2 Å². The summed E-state index contributed by atoms with van der Waals surface area (Å²) < 4.78 is 44.0. The summed E-state index contributed by atoms with van der Waals surface area (Å²) in [6.07, 6.45) is -4.68. The van der Waals surface area contributed by atoms with Crippen LogP contribution in [0.15, 0.2) is 24.3 Å². The fourth-order valence-corrected chi connectivity index (χ4v) is 1.17. The second kappa shape index (κ2) is 8.40. The summed E-state index contributed by atoms with van der Waals surface area (Å²) in [7, 11) is 1.71. The summed E-state index contributed by atoms with van der Waals surface area (Å²) in [5, 5.41) is 8.72. The van der Waals surface area contributed by atoms with E-state index in [-0.39, 0.29) is 11.5 Å². The van der Waals surface area contributed by atoms with E-state index >= 15 is 0 Å². The number of phenols is 1. The summed E-state index contributed by atoms with van der Waals surface area (Å²) in [4.78, 5) is 0. The summed E-state index contributed by atoms with van der Waals surface area (Å²) in [6, 6.07) is 4.29. The lowest BCUT2D eigenvalue weighted by Crippen LogP contribution is -2.16. The molecule has 3 nitrogen and oxygen atoms in total. The van der Waals surface area contributed by atoms with Crippen molar-refractivity contribution in [3.05, 3.63) is 24.3 Å². The molecule has 98 valence electrons. The van der Waals surface area contributed by atoms with Crippen molar-refractivity contribution in [3.63, 3.8) is 0 Å². The van der Waals surface area contributed by atoms with E-state index in [9.17, 15) is 13.2 Å². The van der Waals surface area contributed by atoms with Crippen LogP contribution in [0.2, 0.25) is 0 Å². The Hall–Kier alpha value is -0.700. The molecule has 0 amide bonds. The fourth-order valence-electron chi connectivity index (χ4n) is 0.725. The van der Waals surface area contributed by atoms with Crippen molar-refractivity contribution >= 4 is 22.6 Å². The molecule has 0 radical (unpaired) electrons. The van der Waals surface area contributed by atoms with Crippen LogP contribution in [-0.4, -0.2) is 29.6 Å². The van der Waals surface area contributed by atoms with Crippen LogP contribution in [0.1, 0.15) is 0 Å². The predicted octanol–water partition coefficient (Wildman–Crippen LogP) is 3.36. The predicted molar refractivity (Wildman–Crippen MR) is 65.6 cm³/mol. The molecule has 0 saturated heterocycles. The summed E-state index contributed by atoms with van der Waals surface area (Å²) in [5.74, 6) is -0.454.